The van der Waals surface area contributed by atoms with Crippen molar-refractivity contribution in [1.29, 1.82) is 0 Å². The van der Waals surface area contributed by atoms with Crippen molar-refractivity contribution in [3.63, 3.8) is 0 Å². The Kier molecular flexibility index (Phi) is 3.29. The van der Waals surface area contributed by atoms with Crippen molar-refractivity contribution in [3.8, 4) is 5.75 Å². The van der Waals surface area contributed by atoms with Crippen LogP contribution in [-0.4, -0.2) is 33.6 Å². The van der Waals surface area contributed by atoms with Crippen LogP contribution in [0, 0.1) is 5.82 Å². The Bertz CT molecular complexity index is 833. The SMILES string of the molecule is O=C([C@@H]1Cc2cccc(F)c2O1)N1CCC[C@H]1c1noc(C2CC2)n1. The van der Waals surface area contributed by atoms with E-state index in [2.05, 4.69) is 10.1 Å². The van der Waals surface area contributed by atoms with Gasteiger partial charge in [-0.15, -0.1) is 0 Å². The molecular formula is C18H18FN3O3. The molecule has 2 fully saturated rings. The van der Waals surface area contributed by atoms with Gasteiger partial charge in [-0.3, -0.25) is 4.79 Å². The van der Waals surface area contributed by atoms with Crippen LogP contribution in [0.5, 0.6) is 5.75 Å². The summed E-state index contributed by atoms with van der Waals surface area (Å²) in [5.74, 6) is 1.30. The fourth-order valence-electron chi connectivity index (χ4n) is 3.73. The van der Waals surface area contributed by atoms with Crippen molar-refractivity contribution in [2.75, 3.05) is 6.54 Å². The van der Waals surface area contributed by atoms with Crippen LogP contribution in [0.15, 0.2) is 22.7 Å². The first-order valence-corrected chi connectivity index (χ1v) is 8.79. The number of hydrogen-bond donors (Lipinski definition) is 0. The van der Waals surface area contributed by atoms with Crippen molar-refractivity contribution in [2.45, 2.75) is 50.2 Å². The largest absolute Gasteiger partial charge is 0.477 e. The third kappa shape index (κ3) is 2.49. The highest BCUT2D eigenvalue weighted by Crippen LogP contribution is 2.41. The van der Waals surface area contributed by atoms with Gasteiger partial charge < -0.3 is 14.2 Å². The van der Waals surface area contributed by atoms with Gasteiger partial charge in [0.05, 0.1) is 6.04 Å². The van der Waals surface area contributed by atoms with Crippen molar-refractivity contribution in [2.24, 2.45) is 0 Å². The van der Waals surface area contributed by atoms with E-state index in [-0.39, 0.29) is 17.7 Å². The minimum atomic E-state index is -0.678. The molecule has 0 N–H and O–H groups in total. The highest BCUT2D eigenvalue weighted by molar-refractivity contribution is 5.83. The van der Waals surface area contributed by atoms with Gasteiger partial charge in [-0.1, -0.05) is 17.3 Å². The fraction of sp³-hybridized carbons (Fsp3) is 0.500. The Morgan fingerprint density at radius 2 is 2.16 bits per heavy atom. The molecular weight excluding hydrogens is 325 g/mol. The predicted octanol–water partition coefficient (Wildman–Crippen LogP) is 2.75. The number of rotatable bonds is 3. The van der Waals surface area contributed by atoms with Crippen LogP contribution in [0.3, 0.4) is 0 Å². The molecule has 0 unspecified atom stereocenters. The van der Waals surface area contributed by atoms with Gasteiger partial charge in [0, 0.05) is 24.4 Å². The molecule has 2 atom stereocenters. The summed E-state index contributed by atoms with van der Waals surface area (Å²) in [6, 6.07) is 4.61. The van der Waals surface area contributed by atoms with E-state index in [1.807, 2.05) is 0 Å². The number of carbonyl (C=O) groups excluding carboxylic acids is 1. The van der Waals surface area contributed by atoms with Gasteiger partial charge in [-0.05, 0) is 31.7 Å². The molecule has 1 aromatic carbocycles. The number of benzene rings is 1. The quantitative estimate of drug-likeness (QED) is 0.857. The molecule has 1 saturated heterocycles. The van der Waals surface area contributed by atoms with Gasteiger partial charge in [-0.2, -0.15) is 4.98 Å². The van der Waals surface area contributed by atoms with Crippen molar-refractivity contribution < 1.29 is 18.4 Å². The van der Waals surface area contributed by atoms with E-state index in [9.17, 15) is 9.18 Å². The van der Waals surface area contributed by atoms with Gasteiger partial charge in [0.15, 0.2) is 23.5 Å². The van der Waals surface area contributed by atoms with Crippen LogP contribution in [-0.2, 0) is 11.2 Å². The van der Waals surface area contributed by atoms with E-state index >= 15 is 0 Å². The summed E-state index contributed by atoms with van der Waals surface area (Å²) in [4.78, 5) is 19.2. The van der Waals surface area contributed by atoms with Crippen LogP contribution in [0.4, 0.5) is 4.39 Å². The predicted molar refractivity (Wildman–Crippen MR) is 84.5 cm³/mol. The number of aromatic nitrogens is 2. The Balaban J connectivity index is 1.35. The zero-order valence-electron chi connectivity index (χ0n) is 13.7. The molecule has 5 rings (SSSR count). The average Bonchev–Trinajstić information content (AvgIpc) is 3.06. The summed E-state index contributed by atoms with van der Waals surface area (Å²) in [6.07, 6.45) is 3.60. The topological polar surface area (TPSA) is 68.5 Å². The number of nitrogens with zero attached hydrogens (tertiary/aromatic N) is 3. The molecule has 1 aromatic heterocycles. The Morgan fingerprint density at radius 1 is 1.28 bits per heavy atom. The average molecular weight is 343 g/mol. The molecule has 7 heteroatoms. The molecule has 2 aromatic rings. The summed E-state index contributed by atoms with van der Waals surface area (Å²) in [7, 11) is 0. The highest BCUT2D eigenvalue weighted by Gasteiger charge is 2.41. The maximum absolute atomic E-state index is 13.8. The lowest BCUT2D eigenvalue weighted by Crippen LogP contribution is -2.41. The van der Waals surface area contributed by atoms with Crippen LogP contribution < -0.4 is 4.74 Å². The summed E-state index contributed by atoms with van der Waals surface area (Å²) in [5.41, 5.74) is 0.740. The zero-order chi connectivity index (χ0) is 17.0. The lowest BCUT2D eigenvalue weighted by Gasteiger charge is -2.25. The maximum Gasteiger partial charge on any atom is 0.264 e. The van der Waals surface area contributed by atoms with Gasteiger partial charge >= 0.3 is 0 Å². The molecule has 0 radical (unpaired) electrons. The van der Waals surface area contributed by atoms with Crippen LogP contribution in [0.1, 0.15) is 54.9 Å². The van der Waals surface area contributed by atoms with E-state index in [1.54, 1.807) is 17.0 Å². The second-order valence-electron chi connectivity index (χ2n) is 6.99. The minimum Gasteiger partial charge on any atom is -0.477 e. The number of halogens is 1. The third-order valence-corrected chi connectivity index (χ3v) is 5.21. The van der Waals surface area contributed by atoms with Crippen LogP contribution >= 0.6 is 0 Å². The number of hydrogen-bond acceptors (Lipinski definition) is 5. The zero-order valence-corrected chi connectivity index (χ0v) is 13.7. The Morgan fingerprint density at radius 3 is 2.96 bits per heavy atom. The summed E-state index contributed by atoms with van der Waals surface area (Å²) >= 11 is 0. The minimum absolute atomic E-state index is 0.129. The molecule has 25 heavy (non-hydrogen) atoms. The first-order chi connectivity index (χ1) is 12.2. The molecule has 6 nitrogen and oxygen atoms in total. The molecule has 3 heterocycles. The number of fused-ring (bicyclic) bond motifs is 1. The number of amides is 1. The molecule has 0 bridgehead atoms. The number of para-hydroxylation sites is 1. The molecule has 3 aliphatic rings. The number of carbonyl (C=O) groups is 1. The lowest BCUT2D eigenvalue weighted by molar-refractivity contribution is -0.139. The second kappa shape index (κ2) is 5.54. The Labute approximate surface area is 144 Å². The van der Waals surface area contributed by atoms with E-state index in [4.69, 9.17) is 9.26 Å². The van der Waals surface area contributed by atoms with Crippen molar-refractivity contribution in [3.05, 3.63) is 41.3 Å². The third-order valence-electron chi connectivity index (χ3n) is 5.21. The molecule has 130 valence electrons. The van der Waals surface area contributed by atoms with Gasteiger partial charge in [0.1, 0.15) is 0 Å². The second-order valence-corrected chi connectivity index (χ2v) is 6.99. The number of ether oxygens (including phenoxy) is 1. The van der Waals surface area contributed by atoms with Crippen molar-refractivity contribution >= 4 is 5.91 Å². The molecule has 1 amide bonds. The number of likely N-dealkylation sites (tertiary alicyclic amines) is 1. The normalized spacial score (nSPS) is 25.1. The van der Waals surface area contributed by atoms with E-state index < -0.39 is 11.9 Å². The van der Waals surface area contributed by atoms with Crippen LogP contribution in [0.2, 0.25) is 0 Å². The first-order valence-electron chi connectivity index (χ1n) is 8.79. The van der Waals surface area contributed by atoms with Gasteiger partial charge in [-0.25, -0.2) is 4.39 Å². The highest BCUT2D eigenvalue weighted by atomic mass is 19.1. The fourth-order valence-corrected chi connectivity index (χ4v) is 3.73. The standard InChI is InChI=1S/C18H18FN3O3/c19-12-4-1-3-11-9-14(24-15(11)12)18(23)22-8-2-5-13(22)16-20-17(25-21-16)10-6-7-10/h1,3-4,10,13-14H,2,5-9H2/t13-,14-/m0/s1. The maximum atomic E-state index is 13.8. The molecule has 1 aliphatic carbocycles. The van der Waals surface area contributed by atoms with Gasteiger partial charge in [0.2, 0.25) is 5.89 Å². The van der Waals surface area contributed by atoms with Crippen molar-refractivity contribution in [1.82, 2.24) is 15.0 Å². The molecule has 1 saturated carbocycles. The van der Waals surface area contributed by atoms with E-state index in [0.717, 1.165) is 31.2 Å². The van der Waals surface area contributed by atoms with Crippen LogP contribution in [0.25, 0.3) is 0 Å². The summed E-state index contributed by atoms with van der Waals surface area (Å²) < 4.78 is 24.8. The Hall–Kier alpha value is -2.44. The van der Waals surface area contributed by atoms with E-state index in [1.165, 1.54) is 6.07 Å². The smallest absolute Gasteiger partial charge is 0.264 e. The molecule has 2 aliphatic heterocycles. The van der Waals surface area contributed by atoms with E-state index in [0.29, 0.717) is 30.6 Å². The summed E-state index contributed by atoms with van der Waals surface area (Å²) in [6.45, 7) is 0.634. The first kappa shape index (κ1) is 14.9. The summed E-state index contributed by atoms with van der Waals surface area (Å²) in [5, 5.41) is 4.09. The van der Waals surface area contributed by atoms with Gasteiger partial charge in [0.25, 0.3) is 5.91 Å². The lowest BCUT2D eigenvalue weighted by atomic mass is 10.1. The monoisotopic (exact) mass is 343 g/mol. The molecule has 0 spiro atoms.